The number of hydrogen-bond acceptors (Lipinski definition) is 18. The monoisotopic (exact) mass is 783 g/mol. The van der Waals surface area contributed by atoms with Gasteiger partial charge in [0.05, 0.1) is 12.0 Å². The first-order valence-electron chi connectivity index (χ1n) is 17.1. The number of carbonyl (C=O) groups excluding carboxylic acids is 2. The minimum absolute atomic E-state index is 0.0639. The van der Waals surface area contributed by atoms with E-state index >= 15 is 0 Å². The third kappa shape index (κ3) is 11.1. The Morgan fingerprint density at radius 2 is 1.71 bits per heavy atom. The topological polar surface area (TPSA) is 240 Å². The summed E-state index contributed by atoms with van der Waals surface area (Å²) in [5.41, 5.74) is 1.95. The van der Waals surface area contributed by atoms with Crippen LogP contribution < -0.4 is 5.82 Å². The van der Waals surface area contributed by atoms with Crippen LogP contribution in [-0.2, 0) is 51.0 Å². The molecule has 0 saturated carbocycles. The molecule has 3 heterocycles. The molecule has 2 aromatic carbocycles. The molecule has 3 aromatic heterocycles. The van der Waals surface area contributed by atoms with E-state index in [-0.39, 0.29) is 61.4 Å². The molecule has 0 amide bonds. The molecule has 0 atom stereocenters. The molecular weight excluding hydrogens is 742 g/mol. The molecule has 55 heavy (non-hydrogen) atoms. The zero-order valence-electron chi connectivity index (χ0n) is 30.5. The number of aliphatic hydroxyl groups is 1. The van der Waals surface area contributed by atoms with Crippen LogP contribution in [0, 0.1) is 6.92 Å². The molecule has 0 aliphatic carbocycles. The molecule has 3 N–H and O–H groups in total. The van der Waals surface area contributed by atoms with Gasteiger partial charge in [-0.25, -0.2) is 24.2 Å². The number of aryl methyl sites for hydroxylation is 2. The van der Waals surface area contributed by atoms with E-state index in [2.05, 4.69) is 25.2 Å². The van der Waals surface area contributed by atoms with Crippen molar-refractivity contribution in [3.05, 3.63) is 93.4 Å². The van der Waals surface area contributed by atoms with Crippen molar-refractivity contribution in [2.45, 2.75) is 66.0 Å². The number of carbonyl (C=O) groups is 2. The summed E-state index contributed by atoms with van der Waals surface area (Å²) in [4.78, 5) is 47.3. The van der Waals surface area contributed by atoms with Gasteiger partial charge in [0.25, 0.3) is 0 Å². The molecule has 0 unspecified atom stereocenters. The van der Waals surface area contributed by atoms with E-state index in [1.54, 1.807) is 18.4 Å². The first-order valence-corrected chi connectivity index (χ1v) is 18.2. The van der Waals surface area contributed by atoms with Crippen LogP contribution in [0.2, 0.25) is 0 Å². The number of ether oxygens (including phenoxy) is 3. The second kappa shape index (κ2) is 18.8. The standard InChI is InChI=1S/C35H41N7O12S/c1-5-8-28-36-30(35(3,4)46)29(32(43)50-20-27-22(2)53-34(45)54-27)40(28)19-23-11-13-24(14-12-23)25-9-6-7-10-26(25)31-37-39-41(38-31)21-51-33(44)49-15-17-55-18-16-52-42(47)48/h6-7,9-14,46-48H,5,8,15-21H2,1-4H3. The van der Waals surface area contributed by atoms with E-state index < -0.39 is 23.5 Å². The highest BCUT2D eigenvalue weighted by Gasteiger charge is 2.33. The third-order valence-electron chi connectivity index (χ3n) is 7.87. The lowest BCUT2D eigenvalue weighted by atomic mass is 9.98. The predicted octanol–water partition coefficient (Wildman–Crippen LogP) is 4.50. The molecule has 5 aromatic rings. The summed E-state index contributed by atoms with van der Waals surface area (Å²) in [5.74, 6) is 0.413. The van der Waals surface area contributed by atoms with Gasteiger partial charge in [-0.2, -0.15) is 11.8 Å². The molecule has 0 spiro atoms. The number of esters is 1. The van der Waals surface area contributed by atoms with Crippen LogP contribution in [0.1, 0.15) is 66.3 Å². The van der Waals surface area contributed by atoms with Crippen LogP contribution in [-0.4, -0.2) is 87.5 Å². The molecule has 0 fully saturated rings. The zero-order chi connectivity index (χ0) is 39.5. The average Bonchev–Trinajstić information content (AvgIpc) is 3.86. The first-order chi connectivity index (χ1) is 26.3. The van der Waals surface area contributed by atoms with Gasteiger partial charge in [0.1, 0.15) is 23.7 Å². The summed E-state index contributed by atoms with van der Waals surface area (Å²) >= 11 is 1.37. The molecule has 0 aliphatic rings. The van der Waals surface area contributed by atoms with Crippen molar-refractivity contribution in [3.63, 3.8) is 0 Å². The Morgan fingerprint density at radius 1 is 0.982 bits per heavy atom. The van der Waals surface area contributed by atoms with Crippen LogP contribution in [0.15, 0.2) is 62.2 Å². The third-order valence-corrected chi connectivity index (χ3v) is 8.78. The highest BCUT2D eigenvalue weighted by molar-refractivity contribution is 7.99. The molecule has 0 saturated heterocycles. The van der Waals surface area contributed by atoms with Crippen molar-refractivity contribution >= 4 is 23.9 Å². The van der Waals surface area contributed by atoms with Crippen LogP contribution in [0.5, 0.6) is 0 Å². The van der Waals surface area contributed by atoms with Gasteiger partial charge in [-0.05, 0) is 49.1 Å². The van der Waals surface area contributed by atoms with Gasteiger partial charge in [0.2, 0.25) is 12.6 Å². The molecule has 20 heteroatoms. The Morgan fingerprint density at radius 3 is 2.38 bits per heavy atom. The number of rotatable bonds is 19. The minimum Gasteiger partial charge on any atom is -0.453 e. The largest absolute Gasteiger partial charge is 0.519 e. The highest BCUT2D eigenvalue weighted by atomic mass is 32.2. The zero-order valence-corrected chi connectivity index (χ0v) is 31.4. The van der Waals surface area contributed by atoms with E-state index in [1.165, 1.54) is 18.7 Å². The van der Waals surface area contributed by atoms with Crippen molar-refractivity contribution in [2.75, 3.05) is 24.7 Å². The molecule has 5 rings (SSSR count). The van der Waals surface area contributed by atoms with Gasteiger partial charge in [-0.15, -0.1) is 15.0 Å². The Hall–Kier alpha value is -5.38. The summed E-state index contributed by atoms with van der Waals surface area (Å²) < 4.78 is 27.2. The number of hydrogen-bond donors (Lipinski definition) is 3. The van der Waals surface area contributed by atoms with Gasteiger partial charge in [-0.3, -0.25) is 10.4 Å². The van der Waals surface area contributed by atoms with Crippen LogP contribution in [0.25, 0.3) is 22.5 Å². The van der Waals surface area contributed by atoms with Gasteiger partial charge in [0.15, 0.2) is 23.8 Å². The fourth-order valence-corrected chi connectivity index (χ4v) is 5.94. The van der Waals surface area contributed by atoms with Crippen LogP contribution >= 0.6 is 11.8 Å². The van der Waals surface area contributed by atoms with Crippen molar-refractivity contribution in [1.29, 1.82) is 0 Å². The first kappa shape index (κ1) is 40.8. The van der Waals surface area contributed by atoms with Gasteiger partial charge >= 0.3 is 17.9 Å². The lowest BCUT2D eigenvalue weighted by Gasteiger charge is -2.17. The fourth-order valence-electron chi connectivity index (χ4n) is 5.35. The summed E-state index contributed by atoms with van der Waals surface area (Å²) in [5, 5.41) is 40.1. The molecule has 0 radical (unpaired) electrons. The fraction of sp³-hybridized carbons (Fsp3) is 0.400. The minimum atomic E-state index is -1.47. The average molecular weight is 784 g/mol. The lowest BCUT2D eigenvalue weighted by molar-refractivity contribution is -0.490. The number of tetrazole rings is 1. The van der Waals surface area contributed by atoms with Gasteiger partial charge in [-0.1, -0.05) is 55.5 Å². The predicted molar refractivity (Wildman–Crippen MR) is 191 cm³/mol. The van der Waals surface area contributed by atoms with Crippen LogP contribution in [0.3, 0.4) is 0 Å². The molecular formula is C35H41N7O12S. The second-order valence-electron chi connectivity index (χ2n) is 12.4. The number of imidazole rings is 1. The maximum Gasteiger partial charge on any atom is 0.519 e. The van der Waals surface area contributed by atoms with Gasteiger partial charge in [0, 0.05) is 30.0 Å². The molecule has 294 valence electrons. The Bertz CT molecular complexity index is 2100. The Kier molecular flexibility index (Phi) is 13.9. The second-order valence-corrected chi connectivity index (χ2v) is 13.7. The van der Waals surface area contributed by atoms with Crippen molar-refractivity contribution in [2.24, 2.45) is 0 Å². The number of thioether (sulfide) groups is 1. The quantitative estimate of drug-likeness (QED) is 0.0593. The number of benzene rings is 2. The summed E-state index contributed by atoms with van der Waals surface area (Å²) in [6, 6.07) is 15.1. The Balaban J connectivity index is 1.27. The summed E-state index contributed by atoms with van der Waals surface area (Å²) in [6.45, 7) is 6.30. The summed E-state index contributed by atoms with van der Waals surface area (Å²) in [6.07, 6.45) is 0.354. The van der Waals surface area contributed by atoms with Crippen molar-refractivity contribution in [1.82, 2.24) is 35.1 Å². The van der Waals surface area contributed by atoms with E-state index in [0.717, 1.165) is 27.9 Å². The van der Waals surface area contributed by atoms with Crippen LogP contribution in [0.4, 0.5) is 4.79 Å². The molecule has 19 nitrogen and oxygen atoms in total. The molecule has 0 aliphatic heterocycles. The van der Waals surface area contributed by atoms with Crippen molar-refractivity contribution in [3.8, 4) is 22.5 Å². The lowest BCUT2D eigenvalue weighted by Crippen LogP contribution is -2.23. The molecule has 0 bridgehead atoms. The van der Waals surface area contributed by atoms with Gasteiger partial charge < -0.3 is 32.7 Å². The highest BCUT2D eigenvalue weighted by Crippen LogP contribution is 2.31. The Labute approximate surface area is 318 Å². The van der Waals surface area contributed by atoms with E-state index in [1.807, 2.05) is 55.5 Å². The van der Waals surface area contributed by atoms with E-state index in [4.69, 9.17) is 33.5 Å². The number of nitrogens with zero attached hydrogens (tertiary/aromatic N) is 7. The maximum absolute atomic E-state index is 13.6. The van der Waals surface area contributed by atoms with E-state index in [0.29, 0.717) is 35.1 Å². The SMILES string of the molecule is CCCc1nc(C(C)(C)O)c(C(=O)OCc2oc(=O)oc2C)n1Cc1ccc(-c2ccccc2-c2nnn(COC(=O)OCCSCCON(O)O)n2)cc1. The maximum atomic E-state index is 13.6. The normalized spacial score (nSPS) is 11.6. The van der Waals surface area contributed by atoms with E-state index in [9.17, 15) is 19.5 Å². The summed E-state index contributed by atoms with van der Waals surface area (Å²) in [7, 11) is 0. The smallest absolute Gasteiger partial charge is 0.453 e. The number of aromatic nitrogens is 6. The van der Waals surface area contributed by atoms with Crippen molar-refractivity contribution < 1.29 is 53.0 Å².